The molecule has 1 fully saturated rings. The average Bonchev–Trinajstić information content (AvgIpc) is 3.29. The van der Waals surface area contributed by atoms with Crippen molar-refractivity contribution in [3.05, 3.63) is 105 Å². The third-order valence-electron chi connectivity index (χ3n) is 5.63. The fourth-order valence-electron chi connectivity index (χ4n) is 3.83. The van der Waals surface area contributed by atoms with E-state index in [4.69, 9.17) is 0 Å². The molecule has 0 unspecified atom stereocenters. The molecule has 0 saturated carbocycles. The first kappa shape index (κ1) is 21.7. The molecule has 0 atom stereocenters. The zero-order chi connectivity index (χ0) is 22.9. The van der Waals surface area contributed by atoms with Gasteiger partial charge in [0.2, 0.25) is 0 Å². The summed E-state index contributed by atoms with van der Waals surface area (Å²) in [5, 5.41) is 1.82. The lowest BCUT2D eigenvalue weighted by Gasteiger charge is -2.07. The Bertz CT molecular complexity index is 1400. The molecule has 0 radical (unpaired) electrons. The molecule has 4 nitrogen and oxygen atoms in total. The van der Waals surface area contributed by atoms with E-state index in [1.165, 1.54) is 22.9 Å². The summed E-state index contributed by atoms with van der Waals surface area (Å²) >= 11 is 4.92. The van der Waals surface area contributed by atoms with Gasteiger partial charge >= 0.3 is 0 Å². The van der Waals surface area contributed by atoms with Crippen molar-refractivity contribution in [2.45, 2.75) is 13.5 Å². The van der Waals surface area contributed by atoms with Crippen LogP contribution in [0.25, 0.3) is 17.0 Å². The average molecular weight is 516 g/mol. The van der Waals surface area contributed by atoms with Crippen LogP contribution in [-0.4, -0.2) is 27.6 Å². The van der Waals surface area contributed by atoms with Gasteiger partial charge in [0.05, 0.1) is 10.6 Å². The second-order valence-electron chi connectivity index (χ2n) is 8.06. The van der Waals surface area contributed by atoms with Crippen molar-refractivity contribution >= 4 is 61.4 Å². The maximum atomic E-state index is 13.0. The van der Waals surface area contributed by atoms with Gasteiger partial charge in [0.1, 0.15) is 0 Å². The van der Waals surface area contributed by atoms with Crippen LogP contribution in [0.2, 0.25) is 0 Å². The lowest BCUT2D eigenvalue weighted by atomic mass is 10.1. The van der Waals surface area contributed by atoms with Gasteiger partial charge in [-0.15, -0.1) is 0 Å². The Morgan fingerprint density at radius 3 is 2.48 bits per heavy atom. The summed E-state index contributed by atoms with van der Waals surface area (Å²) in [6.07, 6.45) is 4.12. The molecule has 1 saturated heterocycles. The number of rotatable bonds is 4. The van der Waals surface area contributed by atoms with Crippen LogP contribution in [0.15, 0.2) is 93.4 Å². The molecule has 1 aromatic heterocycles. The third-order valence-corrected chi connectivity index (χ3v) is 7.22. The fourth-order valence-corrected chi connectivity index (χ4v) is 5.07. The summed E-state index contributed by atoms with van der Waals surface area (Å²) < 4.78 is 3.30. The highest BCUT2D eigenvalue weighted by Gasteiger charge is 2.30. The molecule has 4 aromatic rings. The molecule has 164 valence electrons. The summed E-state index contributed by atoms with van der Waals surface area (Å²) in [7, 11) is 1.78. The molecule has 5 rings (SSSR count). The summed E-state index contributed by atoms with van der Waals surface area (Å²) in [6, 6.07) is 24.7. The SMILES string of the molecule is Cc1ccc(N=C2S/C(=C/c3cn(Cc4ccc(Br)cc4)c4ccccc34)C(=O)N2C)cc1. The van der Waals surface area contributed by atoms with E-state index in [1.54, 1.807) is 11.9 Å². The number of hydrogen-bond acceptors (Lipinski definition) is 3. The molecule has 3 aromatic carbocycles. The lowest BCUT2D eigenvalue weighted by Crippen LogP contribution is -2.23. The van der Waals surface area contributed by atoms with Gasteiger partial charge < -0.3 is 4.57 Å². The largest absolute Gasteiger partial charge is 0.342 e. The van der Waals surface area contributed by atoms with Gasteiger partial charge in [0.15, 0.2) is 5.17 Å². The molecule has 6 heteroatoms. The van der Waals surface area contributed by atoms with E-state index in [2.05, 4.69) is 68.1 Å². The smallest absolute Gasteiger partial charge is 0.266 e. The van der Waals surface area contributed by atoms with E-state index in [0.717, 1.165) is 33.2 Å². The highest BCUT2D eigenvalue weighted by molar-refractivity contribution is 9.10. The first-order chi connectivity index (χ1) is 16.0. The van der Waals surface area contributed by atoms with Gasteiger partial charge in [-0.3, -0.25) is 9.69 Å². The van der Waals surface area contributed by atoms with Crippen LogP contribution >= 0.6 is 27.7 Å². The van der Waals surface area contributed by atoms with Gasteiger partial charge in [-0.2, -0.15) is 0 Å². The van der Waals surface area contributed by atoms with Crippen LogP contribution in [0.3, 0.4) is 0 Å². The molecule has 0 bridgehead atoms. The lowest BCUT2D eigenvalue weighted by molar-refractivity contribution is -0.121. The monoisotopic (exact) mass is 515 g/mol. The normalized spacial score (nSPS) is 16.5. The van der Waals surface area contributed by atoms with Crippen molar-refractivity contribution in [3.63, 3.8) is 0 Å². The minimum Gasteiger partial charge on any atom is -0.342 e. The number of aryl methyl sites for hydroxylation is 1. The Morgan fingerprint density at radius 2 is 1.73 bits per heavy atom. The number of halogens is 1. The topological polar surface area (TPSA) is 37.6 Å². The number of benzene rings is 3. The number of likely N-dealkylation sites (N-methyl/N-ethyl adjacent to an activating group) is 1. The third kappa shape index (κ3) is 4.54. The fraction of sp³-hybridized carbons (Fsp3) is 0.111. The number of carbonyl (C=O) groups excluding carboxylic acids is 1. The first-order valence-corrected chi connectivity index (χ1v) is 12.2. The van der Waals surface area contributed by atoms with Crippen LogP contribution in [-0.2, 0) is 11.3 Å². The summed E-state index contributed by atoms with van der Waals surface area (Å²) in [6.45, 7) is 2.81. The molecule has 33 heavy (non-hydrogen) atoms. The minimum atomic E-state index is -0.0318. The van der Waals surface area contributed by atoms with E-state index in [-0.39, 0.29) is 5.91 Å². The molecular formula is C27H22BrN3OS. The van der Waals surface area contributed by atoms with E-state index in [1.807, 2.05) is 49.4 Å². The molecule has 1 aliphatic heterocycles. The summed E-state index contributed by atoms with van der Waals surface area (Å²) in [4.78, 5) is 20.0. The van der Waals surface area contributed by atoms with Crippen molar-refractivity contribution in [2.75, 3.05) is 7.05 Å². The Balaban J connectivity index is 1.49. The van der Waals surface area contributed by atoms with Gasteiger partial charge in [-0.1, -0.05) is 64.0 Å². The van der Waals surface area contributed by atoms with Gasteiger partial charge in [-0.05, 0) is 60.7 Å². The molecule has 0 N–H and O–H groups in total. The van der Waals surface area contributed by atoms with Crippen molar-refractivity contribution < 1.29 is 4.79 Å². The molecule has 2 heterocycles. The maximum Gasteiger partial charge on any atom is 0.266 e. The van der Waals surface area contributed by atoms with Crippen molar-refractivity contribution in [1.29, 1.82) is 0 Å². The Morgan fingerprint density at radius 1 is 1.00 bits per heavy atom. The Kier molecular flexibility index (Phi) is 5.96. The molecular weight excluding hydrogens is 494 g/mol. The van der Waals surface area contributed by atoms with E-state index >= 15 is 0 Å². The number of para-hydroxylation sites is 1. The summed E-state index contributed by atoms with van der Waals surface area (Å²) in [5.41, 5.74) is 5.42. The van der Waals surface area contributed by atoms with Crippen molar-refractivity contribution in [3.8, 4) is 0 Å². The highest BCUT2D eigenvalue weighted by atomic mass is 79.9. The van der Waals surface area contributed by atoms with Crippen LogP contribution in [0.5, 0.6) is 0 Å². The highest BCUT2D eigenvalue weighted by Crippen LogP contribution is 2.35. The number of nitrogens with zero attached hydrogens (tertiary/aromatic N) is 3. The molecule has 0 spiro atoms. The standard InChI is InChI=1S/C27H22BrN3OS/c1-18-7-13-22(14-8-18)29-27-30(2)26(32)25(33-27)15-20-17-31(24-6-4-3-5-23(20)24)16-19-9-11-21(28)12-10-19/h3-15,17H,16H2,1-2H3/b25-15+,29-27?. The van der Waals surface area contributed by atoms with Gasteiger partial charge in [0.25, 0.3) is 5.91 Å². The number of hydrogen-bond donors (Lipinski definition) is 0. The van der Waals surface area contributed by atoms with E-state index < -0.39 is 0 Å². The second kappa shape index (κ2) is 9.04. The predicted octanol–water partition coefficient (Wildman–Crippen LogP) is 6.99. The molecule has 0 aliphatic carbocycles. The number of thioether (sulfide) groups is 1. The number of amidine groups is 1. The number of carbonyl (C=O) groups is 1. The van der Waals surface area contributed by atoms with E-state index in [0.29, 0.717) is 10.1 Å². The van der Waals surface area contributed by atoms with Crippen LogP contribution in [0.1, 0.15) is 16.7 Å². The molecule has 1 aliphatic rings. The van der Waals surface area contributed by atoms with Crippen LogP contribution < -0.4 is 0 Å². The van der Waals surface area contributed by atoms with Crippen molar-refractivity contribution in [2.24, 2.45) is 4.99 Å². The Hall–Kier alpha value is -3.09. The summed E-state index contributed by atoms with van der Waals surface area (Å²) in [5.74, 6) is -0.0318. The van der Waals surface area contributed by atoms with Crippen LogP contribution in [0.4, 0.5) is 5.69 Å². The zero-order valence-electron chi connectivity index (χ0n) is 18.3. The predicted molar refractivity (Wildman–Crippen MR) is 142 cm³/mol. The van der Waals surface area contributed by atoms with E-state index in [9.17, 15) is 4.79 Å². The number of amides is 1. The number of aromatic nitrogens is 1. The van der Waals surface area contributed by atoms with Crippen molar-refractivity contribution in [1.82, 2.24) is 9.47 Å². The second-order valence-corrected chi connectivity index (χ2v) is 9.99. The van der Waals surface area contributed by atoms with Gasteiger partial charge in [-0.25, -0.2) is 4.99 Å². The quantitative estimate of drug-likeness (QED) is 0.274. The first-order valence-electron chi connectivity index (χ1n) is 10.6. The Labute approximate surface area is 205 Å². The number of fused-ring (bicyclic) bond motifs is 1. The maximum absolute atomic E-state index is 13.0. The number of aliphatic imine (C=N–C) groups is 1. The van der Waals surface area contributed by atoms with Gasteiger partial charge in [0, 0.05) is 40.7 Å². The zero-order valence-corrected chi connectivity index (χ0v) is 20.7. The molecule has 1 amide bonds. The van der Waals surface area contributed by atoms with Crippen LogP contribution in [0, 0.1) is 6.92 Å². The minimum absolute atomic E-state index is 0.0318.